The molecule has 1 N–H and O–H groups in total. The zero-order valence-electron chi connectivity index (χ0n) is 18.4. The fourth-order valence-corrected chi connectivity index (χ4v) is 4.19. The van der Waals surface area contributed by atoms with Gasteiger partial charge in [-0.3, -0.25) is 0 Å². The van der Waals surface area contributed by atoms with E-state index in [-0.39, 0.29) is 6.04 Å². The summed E-state index contributed by atoms with van der Waals surface area (Å²) in [6, 6.07) is 27.3. The number of aromatic nitrogens is 1. The summed E-state index contributed by atoms with van der Waals surface area (Å²) >= 11 is 0. The Morgan fingerprint density at radius 3 is 2.69 bits per heavy atom. The monoisotopic (exact) mass is 421 g/mol. The summed E-state index contributed by atoms with van der Waals surface area (Å²) < 4.78 is 11.3. The Labute approximate surface area is 187 Å². The third-order valence-electron chi connectivity index (χ3n) is 5.82. The number of nitrogens with one attached hydrogen (secondary N) is 1. The minimum atomic E-state index is 0.168. The Balaban J connectivity index is 1.41. The molecule has 1 heterocycles. The molecule has 159 valence electrons. The highest BCUT2D eigenvalue weighted by Crippen LogP contribution is 2.33. The second kappa shape index (κ2) is 8.48. The topological polar surface area (TPSA) is 47.3 Å². The van der Waals surface area contributed by atoms with Gasteiger partial charge < -0.3 is 14.5 Å². The highest BCUT2D eigenvalue weighted by Gasteiger charge is 2.13. The van der Waals surface area contributed by atoms with E-state index in [2.05, 4.69) is 78.4 Å². The van der Waals surface area contributed by atoms with Gasteiger partial charge in [-0.15, -0.1) is 0 Å². The largest absolute Gasteiger partial charge is 0.496 e. The van der Waals surface area contributed by atoms with Crippen LogP contribution in [-0.4, -0.2) is 12.1 Å². The first-order chi connectivity index (χ1) is 15.6. The van der Waals surface area contributed by atoms with Crippen molar-refractivity contribution in [3.05, 3.63) is 102 Å². The van der Waals surface area contributed by atoms with E-state index in [1.807, 2.05) is 31.2 Å². The fourth-order valence-electron chi connectivity index (χ4n) is 4.19. The lowest BCUT2D eigenvalue weighted by Gasteiger charge is -2.17. The summed E-state index contributed by atoms with van der Waals surface area (Å²) in [5.41, 5.74) is 6.05. The van der Waals surface area contributed by atoms with Crippen LogP contribution in [0.1, 0.15) is 30.0 Å². The normalized spacial score (nSPS) is 12.3. The quantitative estimate of drug-likeness (QED) is 0.327. The first kappa shape index (κ1) is 20.3. The van der Waals surface area contributed by atoms with Crippen molar-refractivity contribution in [3.63, 3.8) is 0 Å². The molecule has 0 spiro atoms. The maximum absolute atomic E-state index is 5.64. The van der Waals surface area contributed by atoms with E-state index in [9.17, 15) is 0 Å². The number of aryl methyl sites for hydroxylation is 1. The summed E-state index contributed by atoms with van der Waals surface area (Å²) in [7, 11) is 1.70. The summed E-state index contributed by atoms with van der Waals surface area (Å²) in [5.74, 6) is 1.49. The number of benzene rings is 4. The minimum absolute atomic E-state index is 0.168. The number of oxazole rings is 1. The zero-order valence-corrected chi connectivity index (χ0v) is 18.4. The van der Waals surface area contributed by atoms with Crippen LogP contribution in [0.15, 0.2) is 83.3 Å². The molecule has 1 atom stereocenters. The maximum atomic E-state index is 5.64. The second-order valence-corrected chi connectivity index (χ2v) is 7.98. The summed E-state index contributed by atoms with van der Waals surface area (Å²) in [5, 5.41) is 6.09. The van der Waals surface area contributed by atoms with E-state index in [0.29, 0.717) is 5.89 Å². The van der Waals surface area contributed by atoms with E-state index < -0.39 is 0 Å². The van der Waals surface area contributed by atoms with Crippen molar-refractivity contribution in [1.29, 1.82) is 0 Å². The van der Waals surface area contributed by atoms with Gasteiger partial charge >= 0.3 is 0 Å². The first-order valence-corrected chi connectivity index (χ1v) is 10.7. The number of methoxy groups -OCH3 is 1. The van der Waals surface area contributed by atoms with Gasteiger partial charge in [-0.05, 0) is 58.7 Å². The van der Waals surface area contributed by atoms with Crippen LogP contribution < -0.4 is 10.1 Å². The number of hydrogen-bond donors (Lipinski definition) is 1. The average Bonchev–Trinajstić information content (AvgIpc) is 3.21. The molecule has 32 heavy (non-hydrogen) atoms. The summed E-state index contributed by atoms with van der Waals surface area (Å²) in [6.07, 6.45) is 0. The van der Waals surface area contributed by atoms with Crippen LogP contribution in [0.25, 0.3) is 33.0 Å². The second-order valence-electron chi connectivity index (χ2n) is 7.98. The fraction of sp³-hybridized carbons (Fsp3) is 0.143. The number of hydrogen-bond acceptors (Lipinski definition) is 4. The first-order valence-electron chi connectivity index (χ1n) is 10.7. The molecule has 0 unspecified atom stereocenters. The van der Waals surface area contributed by atoms with Crippen LogP contribution in [-0.2, 0) is 0 Å². The third kappa shape index (κ3) is 3.85. The minimum Gasteiger partial charge on any atom is -0.496 e. The number of ether oxygens (including phenoxy) is 1. The van der Waals surface area contributed by atoms with Crippen molar-refractivity contribution in [2.45, 2.75) is 19.9 Å². The molecular weight excluding hydrogens is 396 g/mol. The van der Waals surface area contributed by atoms with Gasteiger partial charge in [0.2, 0.25) is 0 Å². The molecule has 0 fully saturated rings. The van der Waals surface area contributed by atoms with E-state index in [1.165, 1.54) is 16.3 Å². The van der Waals surface area contributed by atoms with Crippen molar-refractivity contribution in [2.75, 3.05) is 7.11 Å². The SMILES string of the molecule is COc1ccc([CH]N[C@H](C)c2cccc3ccccc23)cc1-c1ccc2oc(C)nc2c1. The lowest BCUT2D eigenvalue weighted by molar-refractivity contribution is 0.416. The van der Waals surface area contributed by atoms with E-state index >= 15 is 0 Å². The number of nitrogens with zero attached hydrogens (tertiary/aromatic N) is 1. The van der Waals surface area contributed by atoms with Gasteiger partial charge in [-0.25, -0.2) is 4.98 Å². The standard InChI is InChI=1S/C28H25N2O2/c1-18(23-10-6-8-21-7-4-5-9-24(21)23)29-17-20-11-13-27(31-3)25(15-20)22-12-14-28-26(16-22)30-19(2)32-28/h4-18,29H,1-3H3/t18-/m1/s1. The lowest BCUT2D eigenvalue weighted by atomic mass is 9.99. The zero-order chi connectivity index (χ0) is 22.1. The third-order valence-corrected chi connectivity index (χ3v) is 5.82. The molecular formula is C28H25N2O2. The molecule has 5 aromatic rings. The Bertz CT molecular complexity index is 1400. The summed E-state index contributed by atoms with van der Waals surface area (Å²) in [6.45, 7) is 6.11. The molecule has 4 heteroatoms. The smallest absolute Gasteiger partial charge is 0.192 e. The van der Waals surface area contributed by atoms with E-state index in [0.717, 1.165) is 33.5 Å². The predicted octanol–water partition coefficient (Wildman–Crippen LogP) is 6.83. The Morgan fingerprint density at radius 2 is 1.81 bits per heavy atom. The van der Waals surface area contributed by atoms with E-state index in [1.54, 1.807) is 7.11 Å². The predicted molar refractivity (Wildman–Crippen MR) is 130 cm³/mol. The summed E-state index contributed by atoms with van der Waals surface area (Å²) in [4.78, 5) is 4.47. The molecule has 0 aliphatic carbocycles. The number of rotatable bonds is 6. The molecule has 0 aliphatic heterocycles. The Kier molecular flexibility index (Phi) is 5.38. The van der Waals surface area contributed by atoms with Crippen molar-refractivity contribution >= 4 is 21.9 Å². The van der Waals surface area contributed by atoms with Gasteiger partial charge in [-0.1, -0.05) is 54.6 Å². The van der Waals surface area contributed by atoms with Gasteiger partial charge in [0.1, 0.15) is 11.3 Å². The van der Waals surface area contributed by atoms with Crippen LogP contribution in [0.4, 0.5) is 0 Å². The lowest BCUT2D eigenvalue weighted by Crippen LogP contribution is -2.16. The maximum Gasteiger partial charge on any atom is 0.192 e. The average molecular weight is 422 g/mol. The Hall–Kier alpha value is -3.63. The molecule has 5 rings (SSSR count). The van der Waals surface area contributed by atoms with Crippen molar-refractivity contribution in [3.8, 4) is 16.9 Å². The highest BCUT2D eigenvalue weighted by atomic mass is 16.5. The molecule has 0 amide bonds. The molecule has 4 nitrogen and oxygen atoms in total. The van der Waals surface area contributed by atoms with Gasteiger partial charge in [0.25, 0.3) is 0 Å². The molecule has 1 radical (unpaired) electrons. The molecule has 4 aromatic carbocycles. The van der Waals surface area contributed by atoms with Crippen LogP contribution in [0.2, 0.25) is 0 Å². The van der Waals surface area contributed by atoms with Crippen molar-refractivity contribution in [2.24, 2.45) is 0 Å². The molecule has 1 aromatic heterocycles. The van der Waals surface area contributed by atoms with Crippen molar-refractivity contribution < 1.29 is 9.15 Å². The Morgan fingerprint density at radius 1 is 0.969 bits per heavy atom. The molecule has 0 bridgehead atoms. The van der Waals surface area contributed by atoms with Gasteiger partial charge in [0, 0.05) is 18.5 Å². The highest BCUT2D eigenvalue weighted by molar-refractivity contribution is 5.86. The number of fused-ring (bicyclic) bond motifs is 2. The van der Waals surface area contributed by atoms with Gasteiger partial charge in [-0.2, -0.15) is 0 Å². The molecule has 0 saturated heterocycles. The van der Waals surface area contributed by atoms with Crippen LogP contribution in [0.5, 0.6) is 5.75 Å². The van der Waals surface area contributed by atoms with Crippen molar-refractivity contribution in [1.82, 2.24) is 10.3 Å². The van der Waals surface area contributed by atoms with Gasteiger partial charge in [0.15, 0.2) is 11.5 Å². The van der Waals surface area contributed by atoms with Crippen LogP contribution in [0, 0.1) is 13.5 Å². The van der Waals surface area contributed by atoms with Gasteiger partial charge in [0.05, 0.1) is 13.7 Å². The molecule has 0 saturated carbocycles. The molecule has 0 aliphatic rings. The van der Waals surface area contributed by atoms with Crippen LogP contribution in [0.3, 0.4) is 0 Å². The van der Waals surface area contributed by atoms with E-state index in [4.69, 9.17) is 9.15 Å². The van der Waals surface area contributed by atoms with Crippen LogP contribution >= 0.6 is 0 Å².